The minimum absolute atomic E-state index is 0.157. The Morgan fingerprint density at radius 3 is 2.87 bits per heavy atom. The van der Waals surface area contributed by atoms with Gasteiger partial charge in [0.1, 0.15) is 0 Å². The SMILES string of the molecule is CCn1ncc2c(NC3CCOCC3)c(C(=O)NCCCN3CCCC3=O)cnc21. The minimum atomic E-state index is -0.157. The van der Waals surface area contributed by atoms with Crippen molar-refractivity contribution < 1.29 is 14.3 Å². The van der Waals surface area contributed by atoms with Crippen LogP contribution >= 0.6 is 0 Å². The van der Waals surface area contributed by atoms with E-state index in [2.05, 4.69) is 20.7 Å². The minimum Gasteiger partial charge on any atom is -0.381 e. The molecule has 2 aliphatic rings. The summed E-state index contributed by atoms with van der Waals surface area (Å²) in [4.78, 5) is 31.1. The van der Waals surface area contributed by atoms with Gasteiger partial charge >= 0.3 is 0 Å². The molecule has 2 fully saturated rings. The lowest BCUT2D eigenvalue weighted by Gasteiger charge is -2.25. The van der Waals surface area contributed by atoms with Crippen molar-refractivity contribution in [3.8, 4) is 0 Å². The molecule has 2 saturated heterocycles. The summed E-state index contributed by atoms with van der Waals surface area (Å²) in [7, 11) is 0. The normalized spacial score (nSPS) is 17.6. The van der Waals surface area contributed by atoms with Crippen molar-refractivity contribution in [3.05, 3.63) is 18.0 Å². The van der Waals surface area contributed by atoms with Crippen LogP contribution in [0.15, 0.2) is 12.4 Å². The van der Waals surface area contributed by atoms with Crippen molar-refractivity contribution >= 4 is 28.5 Å². The van der Waals surface area contributed by atoms with Crippen molar-refractivity contribution in [1.82, 2.24) is 25.0 Å². The molecule has 0 aromatic carbocycles. The van der Waals surface area contributed by atoms with Gasteiger partial charge in [-0.15, -0.1) is 0 Å². The van der Waals surface area contributed by atoms with Crippen LogP contribution in [0.1, 0.15) is 49.4 Å². The molecule has 2 aliphatic heterocycles. The maximum atomic E-state index is 13.0. The Kier molecular flexibility index (Phi) is 6.47. The molecule has 30 heavy (non-hydrogen) atoms. The number of hydrogen-bond donors (Lipinski definition) is 2. The average molecular weight is 415 g/mol. The number of nitrogens with one attached hydrogen (secondary N) is 2. The average Bonchev–Trinajstić information content (AvgIpc) is 3.38. The van der Waals surface area contributed by atoms with E-state index in [0.717, 1.165) is 62.2 Å². The van der Waals surface area contributed by atoms with Gasteiger partial charge < -0.3 is 20.3 Å². The van der Waals surface area contributed by atoms with Crippen molar-refractivity contribution in [3.63, 3.8) is 0 Å². The highest BCUT2D eigenvalue weighted by Gasteiger charge is 2.22. The first-order valence-electron chi connectivity index (χ1n) is 10.9. The molecule has 0 bridgehead atoms. The number of anilines is 1. The fraction of sp³-hybridized carbons (Fsp3) is 0.619. The predicted octanol–water partition coefficient (Wildman–Crippen LogP) is 1.78. The highest BCUT2D eigenvalue weighted by molar-refractivity contribution is 6.06. The number of fused-ring (bicyclic) bond motifs is 1. The molecule has 0 aliphatic carbocycles. The second-order valence-corrected chi connectivity index (χ2v) is 7.87. The number of pyridine rings is 1. The number of likely N-dealkylation sites (tertiary alicyclic amines) is 1. The molecule has 0 spiro atoms. The first-order valence-corrected chi connectivity index (χ1v) is 10.9. The molecular formula is C21H30N6O3. The van der Waals surface area contributed by atoms with Crippen molar-refractivity contribution in [2.75, 3.05) is 38.2 Å². The Bertz CT molecular complexity index is 906. The van der Waals surface area contributed by atoms with Crippen molar-refractivity contribution in [2.45, 2.75) is 51.6 Å². The Morgan fingerprint density at radius 1 is 1.30 bits per heavy atom. The van der Waals surface area contributed by atoms with Crippen LogP contribution in [0.4, 0.5) is 5.69 Å². The molecule has 0 saturated carbocycles. The van der Waals surface area contributed by atoms with Gasteiger partial charge in [0.25, 0.3) is 5.91 Å². The zero-order valence-corrected chi connectivity index (χ0v) is 17.5. The third-order valence-electron chi connectivity index (χ3n) is 5.84. The quantitative estimate of drug-likeness (QED) is 0.639. The third kappa shape index (κ3) is 4.40. The molecule has 9 heteroatoms. The Labute approximate surface area is 176 Å². The summed E-state index contributed by atoms with van der Waals surface area (Å²) in [5.74, 6) is 0.0582. The van der Waals surface area contributed by atoms with Crippen molar-refractivity contribution in [1.29, 1.82) is 0 Å². The fourth-order valence-corrected chi connectivity index (χ4v) is 4.14. The van der Waals surface area contributed by atoms with E-state index in [4.69, 9.17) is 4.74 Å². The largest absolute Gasteiger partial charge is 0.381 e. The second kappa shape index (κ2) is 9.42. The first kappa shape index (κ1) is 20.6. The van der Waals surface area contributed by atoms with Crippen LogP contribution in [0.3, 0.4) is 0 Å². The van der Waals surface area contributed by atoms with Gasteiger partial charge in [-0.25, -0.2) is 9.67 Å². The second-order valence-electron chi connectivity index (χ2n) is 7.87. The maximum absolute atomic E-state index is 13.0. The van der Waals surface area contributed by atoms with Gasteiger partial charge in [0.05, 0.1) is 22.8 Å². The first-order chi connectivity index (χ1) is 14.7. The molecule has 4 rings (SSSR count). The standard InChI is InChI=1S/C21H30N6O3/c1-2-27-20-16(14-24-27)19(25-15-6-11-30-12-7-15)17(13-23-20)21(29)22-8-4-10-26-9-3-5-18(26)28/h13-15H,2-12H2,1H3,(H,22,29)(H,23,25). The van der Waals surface area contributed by atoms with Gasteiger partial charge in [-0.2, -0.15) is 5.10 Å². The number of ether oxygens (including phenoxy) is 1. The van der Waals surface area contributed by atoms with E-state index in [0.29, 0.717) is 31.6 Å². The molecule has 2 aromatic rings. The third-order valence-corrected chi connectivity index (χ3v) is 5.84. The van der Waals surface area contributed by atoms with E-state index < -0.39 is 0 Å². The predicted molar refractivity (Wildman–Crippen MR) is 113 cm³/mol. The molecular weight excluding hydrogens is 384 g/mol. The van der Waals surface area contributed by atoms with E-state index in [-0.39, 0.29) is 17.9 Å². The van der Waals surface area contributed by atoms with Crippen LogP contribution < -0.4 is 10.6 Å². The Morgan fingerprint density at radius 2 is 2.13 bits per heavy atom. The number of amides is 2. The van der Waals surface area contributed by atoms with Gasteiger partial charge in [0.2, 0.25) is 5.91 Å². The molecule has 2 aromatic heterocycles. The molecule has 2 amide bonds. The Balaban J connectivity index is 1.47. The molecule has 0 atom stereocenters. The summed E-state index contributed by atoms with van der Waals surface area (Å²) in [6.45, 7) is 6.21. The summed E-state index contributed by atoms with van der Waals surface area (Å²) in [5, 5.41) is 11.8. The van der Waals surface area contributed by atoms with E-state index in [1.165, 1.54) is 0 Å². The maximum Gasteiger partial charge on any atom is 0.254 e. The monoisotopic (exact) mass is 414 g/mol. The van der Waals surface area contributed by atoms with Gasteiger partial charge in [-0.05, 0) is 32.6 Å². The number of rotatable bonds is 8. The number of carbonyl (C=O) groups is 2. The zero-order valence-electron chi connectivity index (χ0n) is 17.5. The smallest absolute Gasteiger partial charge is 0.254 e. The van der Waals surface area contributed by atoms with E-state index in [9.17, 15) is 9.59 Å². The van der Waals surface area contributed by atoms with Gasteiger partial charge in [0, 0.05) is 58.1 Å². The van der Waals surface area contributed by atoms with Crippen LogP contribution in [0.25, 0.3) is 11.0 Å². The summed E-state index contributed by atoms with van der Waals surface area (Å²) >= 11 is 0. The molecule has 4 heterocycles. The number of aryl methyl sites for hydroxylation is 1. The summed E-state index contributed by atoms with van der Waals surface area (Å²) in [6, 6.07) is 0.252. The number of carbonyl (C=O) groups excluding carboxylic acids is 2. The summed E-state index contributed by atoms with van der Waals surface area (Å²) < 4.78 is 7.30. The molecule has 0 radical (unpaired) electrons. The van der Waals surface area contributed by atoms with Crippen LogP contribution in [0, 0.1) is 0 Å². The lowest BCUT2D eigenvalue weighted by atomic mass is 10.1. The molecule has 162 valence electrons. The van der Waals surface area contributed by atoms with Crippen LogP contribution in [-0.4, -0.2) is 70.4 Å². The Hall–Kier alpha value is -2.68. The zero-order chi connectivity index (χ0) is 20.9. The lowest BCUT2D eigenvalue weighted by Crippen LogP contribution is -2.32. The number of nitrogens with zero attached hydrogens (tertiary/aromatic N) is 4. The summed E-state index contributed by atoms with van der Waals surface area (Å²) in [6.07, 6.45) is 7.53. The van der Waals surface area contributed by atoms with Gasteiger partial charge in [-0.3, -0.25) is 9.59 Å². The molecule has 9 nitrogen and oxygen atoms in total. The lowest BCUT2D eigenvalue weighted by molar-refractivity contribution is -0.127. The topological polar surface area (TPSA) is 101 Å². The van der Waals surface area contributed by atoms with Gasteiger partial charge in [0.15, 0.2) is 5.65 Å². The number of hydrogen-bond acceptors (Lipinski definition) is 6. The highest BCUT2D eigenvalue weighted by Crippen LogP contribution is 2.28. The van der Waals surface area contributed by atoms with E-state index in [1.807, 2.05) is 16.5 Å². The van der Waals surface area contributed by atoms with Crippen LogP contribution in [0.5, 0.6) is 0 Å². The molecule has 2 N–H and O–H groups in total. The highest BCUT2D eigenvalue weighted by atomic mass is 16.5. The fourth-order valence-electron chi connectivity index (χ4n) is 4.14. The van der Waals surface area contributed by atoms with Crippen molar-refractivity contribution in [2.24, 2.45) is 0 Å². The van der Waals surface area contributed by atoms with E-state index in [1.54, 1.807) is 12.4 Å². The van der Waals surface area contributed by atoms with Crippen LogP contribution in [0.2, 0.25) is 0 Å². The summed E-state index contributed by atoms with van der Waals surface area (Å²) in [5.41, 5.74) is 2.09. The van der Waals surface area contributed by atoms with Crippen LogP contribution in [-0.2, 0) is 16.1 Å². The molecule has 0 unspecified atom stereocenters. The van der Waals surface area contributed by atoms with Gasteiger partial charge in [-0.1, -0.05) is 0 Å². The number of aromatic nitrogens is 3. The van der Waals surface area contributed by atoms with E-state index >= 15 is 0 Å².